The van der Waals surface area contributed by atoms with Crippen LogP contribution in [0.1, 0.15) is 44.9 Å². The second-order valence-corrected chi connectivity index (χ2v) is 11.9. The van der Waals surface area contributed by atoms with E-state index in [1.807, 2.05) is 56.3 Å². The van der Waals surface area contributed by atoms with Crippen molar-refractivity contribution < 1.29 is 19.0 Å². The monoisotopic (exact) mass is 722 g/mol. The summed E-state index contributed by atoms with van der Waals surface area (Å²) in [6, 6.07) is 10.5. The van der Waals surface area contributed by atoms with Crippen LogP contribution in [-0.4, -0.2) is 29.9 Å². The minimum atomic E-state index is -0.751. The molecule has 0 N–H and O–H groups in total. The molecule has 0 saturated carbocycles. The quantitative estimate of drug-likeness (QED) is 0.165. The average molecular weight is 723 g/mol. The molecule has 2 heterocycles. The number of carbonyl (C=O) groups excluding carboxylic acids is 1. The van der Waals surface area contributed by atoms with Crippen LogP contribution in [0.2, 0.25) is 0 Å². The van der Waals surface area contributed by atoms with Crippen LogP contribution >= 0.6 is 49.9 Å². The highest BCUT2D eigenvalue weighted by molar-refractivity contribution is 14.1. The fourth-order valence-electron chi connectivity index (χ4n) is 4.25. The molecule has 1 atom stereocenters. The standard InChI is InChI=1S/C29H28BrIN2O5S/c1-6-12-37-26-20(30)13-18(14-21(26)31)15-23-27(34)33-25(19-10-8-9-11-22(19)38-16(3)4)24(28(35)36-7-2)17(5)32-29(33)39-23/h6,8-11,13-16,25H,1,7,12H2,2-5H3/b23-15+/t25-/m1/s1. The largest absolute Gasteiger partial charge is 0.491 e. The van der Waals surface area contributed by atoms with Crippen molar-refractivity contribution in [3.63, 3.8) is 0 Å². The lowest BCUT2D eigenvalue weighted by atomic mass is 9.95. The molecule has 0 saturated heterocycles. The van der Waals surface area contributed by atoms with Crippen molar-refractivity contribution in [3.8, 4) is 11.5 Å². The van der Waals surface area contributed by atoms with E-state index < -0.39 is 12.0 Å². The Bertz CT molecular complexity index is 1620. The molecule has 39 heavy (non-hydrogen) atoms. The predicted octanol–water partition coefficient (Wildman–Crippen LogP) is 5.52. The summed E-state index contributed by atoms with van der Waals surface area (Å²) in [6.07, 6.45) is 3.41. The third kappa shape index (κ3) is 6.22. The van der Waals surface area contributed by atoms with Crippen molar-refractivity contribution in [3.05, 3.63) is 99.2 Å². The number of hydrogen-bond donors (Lipinski definition) is 0. The van der Waals surface area contributed by atoms with Crippen molar-refractivity contribution in [1.82, 2.24) is 4.57 Å². The van der Waals surface area contributed by atoms with E-state index in [9.17, 15) is 9.59 Å². The lowest BCUT2D eigenvalue weighted by molar-refractivity contribution is -0.139. The Morgan fingerprint density at radius 3 is 2.72 bits per heavy atom. The maximum Gasteiger partial charge on any atom is 0.338 e. The topological polar surface area (TPSA) is 79.1 Å². The van der Waals surface area contributed by atoms with Gasteiger partial charge in [-0.05, 0) is 96.1 Å². The molecule has 7 nitrogen and oxygen atoms in total. The number of fused-ring (bicyclic) bond motifs is 1. The van der Waals surface area contributed by atoms with Crippen LogP contribution in [0.5, 0.6) is 11.5 Å². The summed E-state index contributed by atoms with van der Waals surface area (Å²) in [5.74, 6) is 0.800. The predicted molar refractivity (Wildman–Crippen MR) is 165 cm³/mol. The van der Waals surface area contributed by atoms with Gasteiger partial charge >= 0.3 is 5.97 Å². The number of nitrogens with zero attached hydrogens (tertiary/aromatic N) is 2. The highest BCUT2D eigenvalue weighted by Gasteiger charge is 2.35. The maximum absolute atomic E-state index is 14.0. The SMILES string of the molecule is C=CCOc1c(Br)cc(/C=c2/sc3n(c2=O)[C@H](c2ccccc2OC(C)C)C(C(=O)OCC)=C(C)N=3)cc1I. The number of hydrogen-bond acceptors (Lipinski definition) is 7. The van der Waals surface area contributed by atoms with E-state index in [0.717, 1.165) is 13.6 Å². The van der Waals surface area contributed by atoms with Gasteiger partial charge in [-0.15, -0.1) is 0 Å². The number of para-hydroxylation sites is 1. The first-order chi connectivity index (χ1) is 18.7. The van der Waals surface area contributed by atoms with E-state index in [-0.39, 0.29) is 18.3 Å². The first-order valence-corrected chi connectivity index (χ1v) is 15.0. The molecule has 1 aliphatic rings. The number of aromatic nitrogens is 1. The summed E-state index contributed by atoms with van der Waals surface area (Å²) in [5.41, 5.74) is 2.08. The summed E-state index contributed by atoms with van der Waals surface area (Å²) in [4.78, 5) is 32.3. The molecule has 0 radical (unpaired) electrons. The summed E-state index contributed by atoms with van der Waals surface area (Å²) in [6.45, 7) is 11.7. The molecule has 3 aromatic rings. The molecular formula is C29H28BrIN2O5S. The fraction of sp³-hybridized carbons (Fsp3) is 0.276. The Balaban J connectivity index is 1.93. The number of allylic oxidation sites excluding steroid dienone is 1. The summed E-state index contributed by atoms with van der Waals surface area (Å²) in [5, 5.41) is 0. The molecule has 10 heteroatoms. The zero-order chi connectivity index (χ0) is 28.3. The normalized spacial score (nSPS) is 15.2. The molecule has 0 spiro atoms. The van der Waals surface area contributed by atoms with Crippen molar-refractivity contribution >= 4 is 61.9 Å². The molecular weight excluding hydrogens is 695 g/mol. The first-order valence-electron chi connectivity index (χ1n) is 12.3. The highest BCUT2D eigenvalue weighted by atomic mass is 127. The van der Waals surface area contributed by atoms with Crippen LogP contribution < -0.4 is 24.4 Å². The van der Waals surface area contributed by atoms with Gasteiger partial charge < -0.3 is 14.2 Å². The highest BCUT2D eigenvalue weighted by Crippen LogP contribution is 2.36. The first kappa shape index (κ1) is 29.3. The van der Waals surface area contributed by atoms with Crippen LogP contribution in [0.4, 0.5) is 0 Å². The zero-order valence-electron chi connectivity index (χ0n) is 22.0. The number of rotatable bonds is 9. The van der Waals surface area contributed by atoms with Crippen LogP contribution in [0, 0.1) is 3.57 Å². The summed E-state index contributed by atoms with van der Waals surface area (Å²) >= 11 is 7.05. The van der Waals surface area contributed by atoms with Gasteiger partial charge in [0.2, 0.25) is 0 Å². The van der Waals surface area contributed by atoms with Crippen molar-refractivity contribution in [2.75, 3.05) is 13.2 Å². The second kappa shape index (κ2) is 12.6. The van der Waals surface area contributed by atoms with Gasteiger partial charge in [0, 0.05) is 5.56 Å². The molecule has 204 valence electrons. The Labute approximate surface area is 252 Å². The van der Waals surface area contributed by atoms with Crippen LogP contribution in [0.3, 0.4) is 0 Å². The lowest BCUT2D eigenvalue weighted by Gasteiger charge is -2.26. The van der Waals surface area contributed by atoms with Gasteiger partial charge in [0.1, 0.15) is 24.1 Å². The Hall–Kier alpha value is -2.70. The van der Waals surface area contributed by atoms with E-state index >= 15 is 0 Å². The van der Waals surface area contributed by atoms with Crippen molar-refractivity contribution in [2.24, 2.45) is 4.99 Å². The number of esters is 1. The molecule has 0 amide bonds. The van der Waals surface area contributed by atoms with Crippen LogP contribution in [0.15, 0.2) is 74.6 Å². The van der Waals surface area contributed by atoms with Gasteiger partial charge in [-0.2, -0.15) is 0 Å². The minimum absolute atomic E-state index is 0.0996. The van der Waals surface area contributed by atoms with Crippen LogP contribution in [0.25, 0.3) is 6.08 Å². The van der Waals surface area contributed by atoms with Gasteiger partial charge in [-0.3, -0.25) is 9.36 Å². The number of thiazole rings is 1. The van der Waals surface area contributed by atoms with E-state index in [1.54, 1.807) is 24.5 Å². The second-order valence-electron chi connectivity index (χ2n) is 8.92. The smallest absolute Gasteiger partial charge is 0.338 e. The summed E-state index contributed by atoms with van der Waals surface area (Å²) < 4.78 is 21.0. The molecule has 0 bridgehead atoms. The van der Waals surface area contributed by atoms with Gasteiger partial charge in [-0.25, -0.2) is 9.79 Å². The minimum Gasteiger partial charge on any atom is -0.491 e. The Morgan fingerprint density at radius 2 is 2.05 bits per heavy atom. The molecule has 2 aromatic carbocycles. The molecule has 1 aliphatic heterocycles. The number of benzene rings is 2. The average Bonchev–Trinajstić information content (AvgIpc) is 3.17. The molecule has 0 fully saturated rings. The fourth-order valence-corrected chi connectivity index (χ4v) is 7.06. The van der Waals surface area contributed by atoms with Gasteiger partial charge in [0.05, 0.1) is 36.6 Å². The zero-order valence-corrected chi connectivity index (χ0v) is 26.6. The van der Waals surface area contributed by atoms with E-state index in [4.69, 9.17) is 14.2 Å². The third-order valence-corrected chi connectivity index (χ3v) is 8.13. The van der Waals surface area contributed by atoms with E-state index in [1.165, 1.54) is 11.3 Å². The van der Waals surface area contributed by atoms with Crippen molar-refractivity contribution in [1.29, 1.82) is 0 Å². The van der Waals surface area contributed by atoms with Gasteiger partial charge in [0.15, 0.2) is 4.80 Å². The molecule has 0 unspecified atom stereocenters. The van der Waals surface area contributed by atoms with E-state index in [0.29, 0.717) is 44.3 Å². The number of carbonyl (C=O) groups is 1. The molecule has 1 aromatic heterocycles. The van der Waals surface area contributed by atoms with Crippen molar-refractivity contribution in [2.45, 2.75) is 39.8 Å². The Morgan fingerprint density at radius 1 is 1.31 bits per heavy atom. The third-order valence-electron chi connectivity index (χ3n) is 5.76. The van der Waals surface area contributed by atoms with E-state index in [2.05, 4.69) is 50.1 Å². The van der Waals surface area contributed by atoms with Crippen LogP contribution in [-0.2, 0) is 9.53 Å². The summed E-state index contributed by atoms with van der Waals surface area (Å²) in [7, 11) is 0. The maximum atomic E-state index is 14.0. The van der Waals surface area contributed by atoms with Gasteiger partial charge in [0.25, 0.3) is 5.56 Å². The van der Waals surface area contributed by atoms with Gasteiger partial charge in [-0.1, -0.05) is 42.2 Å². The number of ether oxygens (including phenoxy) is 3. The number of halogens is 2. The Kier molecular flexibility index (Phi) is 9.50. The molecule has 0 aliphatic carbocycles. The molecule has 4 rings (SSSR count). The lowest BCUT2D eigenvalue weighted by Crippen LogP contribution is -2.40.